The van der Waals surface area contributed by atoms with Crippen LogP contribution in [0.2, 0.25) is 0 Å². The Bertz CT molecular complexity index is 472. The molecule has 0 aromatic rings. The molecule has 4 rings (SSSR count). The van der Waals surface area contributed by atoms with Crippen molar-refractivity contribution in [3.63, 3.8) is 0 Å². The number of allylic oxidation sites excluding steroid dienone is 3. The van der Waals surface area contributed by atoms with Crippen LogP contribution in [0.15, 0.2) is 24.3 Å². The van der Waals surface area contributed by atoms with Gasteiger partial charge in [0.2, 0.25) is 0 Å². The van der Waals surface area contributed by atoms with Crippen LogP contribution in [0.5, 0.6) is 0 Å². The molecule has 0 heterocycles. The molecule has 2 nitrogen and oxygen atoms in total. The Morgan fingerprint density at radius 1 is 1.10 bits per heavy atom. The molecule has 0 spiro atoms. The first-order valence-electron chi connectivity index (χ1n) is 8.86. The highest BCUT2D eigenvalue weighted by molar-refractivity contribution is 5.75. The van der Waals surface area contributed by atoms with Crippen LogP contribution < -0.4 is 0 Å². The largest absolute Gasteiger partial charge is 0.454 e. The fraction of sp³-hybridized carbons (Fsp3) is 0.737. The Morgan fingerprint density at radius 2 is 1.95 bits per heavy atom. The summed E-state index contributed by atoms with van der Waals surface area (Å²) in [5.41, 5.74) is -0.266. The number of rotatable bonds is 3. The van der Waals surface area contributed by atoms with Crippen molar-refractivity contribution in [2.75, 3.05) is 0 Å². The average Bonchev–Trinajstić information content (AvgIpc) is 3.25. The molecule has 0 aromatic carbocycles. The molecule has 0 aromatic heterocycles. The van der Waals surface area contributed by atoms with Crippen molar-refractivity contribution in [3.8, 4) is 0 Å². The zero-order valence-corrected chi connectivity index (χ0v) is 12.8. The second kappa shape index (κ2) is 5.30. The second-order valence-electron chi connectivity index (χ2n) is 7.54. The van der Waals surface area contributed by atoms with Crippen molar-refractivity contribution in [2.24, 2.45) is 23.7 Å². The van der Waals surface area contributed by atoms with Gasteiger partial charge in [0.25, 0.3) is 0 Å². The van der Waals surface area contributed by atoms with E-state index >= 15 is 0 Å². The molecular formula is C19H26O2. The normalized spacial score (nSPS) is 41.8. The third-order valence-electron chi connectivity index (χ3n) is 6.26. The summed E-state index contributed by atoms with van der Waals surface area (Å²) in [6.45, 7) is 0. The van der Waals surface area contributed by atoms with Crippen molar-refractivity contribution >= 4 is 5.97 Å². The molecule has 2 saturated carbocycles. The number of hydrogen-bond donors (Lipinski definition) is 0. The molecule has 4 atom stereocenters. The van der Waals surface area contributed by atoms with Gasteiger partial charge in [0.15, 0.2) is 0 Å². The van der Waals surface area contributed by atoms with Crippen molar-refractivity contribution < 1.29 is 9.53 Å². The van der Waals surface area contributed by atoms with Gasteiger partial charge < -0.3 is 4.74 Å². The number of carbonyl (C=O) groups excluding carboxylic acids is 1. The van der Waals surface area contributed by atoms with Gasteiger partial charge in [0.1, 0.15) is 5.60 Å². The molecule has 0 amide bonds. The third-order valence-corrected chi connectivity index (χ3v) is 6.26. The maximum Gasteiger partial charge on any atom is 0.310 e. The monoisotopic (exact) mass is 286 g/mol. The minimum absolute atomic E-state index is 0.0882. The highest BCUT2D eigenvalue weighted by Gasteiger charge is 2.46. The van der Waals surface area contributed by atoms with Crippen molar-refractivity contribution in [2.45, 2.75) is 63.4 Å². The summed E-state index contributed by atoms with van der Waals surface area (Å²) >= 11 is 0. The standard InChI is InChI=1S/C19H26O2/c20-18(17-13-14-8-9-15(17)12-14)21-19(10-4-1-5-11-19)16-6-2-3-7-16/h4,8-10,14-17H,1-3,5-7,11-13H2. The van der Waals surface area contributed by atoms with E-state index in [1.165, 1.54) is 32.1 Å². The molecule has 2 heteroatoms. The lowest BCUT2D eigenvalue weighted by Crippen LogP contribution is -2.43. The van der Waals surface area contributed by atoms with Gasteiger partial charge in [-0.15, -0.1) is 0 Å². The van der Waals surface area contributed by atoms with Crippen molar-refractivity contribution in [3.05, 3.63) is 24.3 Å². The van der Waals surface area contributed by atoms with Gasteiger partial charge in [0, 0.05) is 5.92 Å². The van der Waals surface area contributed by atoms with Crippen LogP contribution in [0.3, 0.4) is 0 Å². The smallest absolute Gasteiger partial charge is 0.310 e. The van der Waals surface area contributed by atoms with Crippen LogP contribution in [0.25, 0.3) is 0 Å². The Balaban J connectivity index is 1.51. The molecular weight excluding hydrogens is 260 g/mol. The number of carbonyl (C=O) groups is 1. The van der Waals surface area contributed by atoms with Gasteiger partial charge in [-0.1, -0.05) is 31.1 Å². The molecule has 2 fully saturated rings. The minimum atomic E-state index is -0.266. The van der Waals surface area contributed by atoms with Crippen LogP contribution in [-0.2, 0) is 9.53 Å². The molecule has 0 aliphatic heterocycles. The maximum absolute atomic E-state index is 12.8. The van der Waals surface area contributed by atoms with E-state index in [9.17, 15) is 4.79 Å². The van der Waals surface area contributed by atoms with E-state index in [0.717, 1.165) is 25.7 Å². The zero-order chi connectivity index (χ0) is 14.3. The SMILES string of the molecule is O=C(OC1(C2CCCC2)C=CCCC1)C1CC2C=CC1C2. The van der Waals surface area contributed by atoms with E-state index in [1.807, 2.05) is 0 Å². The molecule has 2 bridgehead atoms. The first-order chi connectivity index (χ1) is 10.3. The Labute approximate surface area is 127 Å². The van der Waals surface area contributed by atoms with Gasteiger partial charge in [-0.05, 0) is 62.9 Å². The summed E-state index contributed by atoms with van der Waals surface area (Å²) in [4.78, 5) is 12.8. The van der Waals surface area contributed by atoms with Crippen LogP contribution in [0.1, 0.15) is 57.8 Å². The van der Waals surface area contributed by atoms with E-state index < -0.39 is 0 Å². The third kappa shape index (κ3) is 2.37. The van der Waals surface area contributed by atoms with E-state index in [1.54, 1.807) is 0 Å². The summed E-state index contributed by atoms with van der Waals surface area (Å²) in [5, 5.41) is 0. The molecule has 0 radical (unpaired) electrons. The van der Waals surface area contributed by atoms with Crippen LogP contribution >= 0.6 is 0 Å². The quantitative estimate of drug-likeness (QED) is 0.567. The van der Waals surface area contributed by atoms with Gasteiger partial charge in [-0.25, -0.2) is 0 Å². The number of ether oxygens (including phenoxy) is 1. The Kier molecular flexibility index (Phi) is 3.43. The lowest BCUT2D eigenvalue weighted by Gasteiger charge is -2.39. The van der Waals surface area contributed by atoms with Gasteiger partial charge in [-0.3, -0.25) is 4.79 Å². The van der Waals surface area contributed by atoms with Gasteiger partial charge in [-0.2, -0.15) is 0 Å². The number of esters is 1. The van der Waals surface area contributed by atoms with E-state index in [-0.39, 0.29) is 17.5 Å². The van der Waals surface area contributed by atoms with Crippen LogP contribution in [-0.4, -0.2) is 11.6 Å². The second-order valence-corrected chi connectivity index (χ2v) is 7.54. The van der Waals surface area contributed by atoms with E-state index in [2.05, 4.69) is 24.3 Å². The molecule has 21 heavy (non-hydrogen) atoms. The van der Waals surface area contributed by atoms with E-state index in [0.29, 0.717) is 17.8 Å². The first-order valence-corrected chi connectivity index (χ1v) is 8.86. The van der Waals surface area contributed by atoms with Gasteiger partial charge >= 0.3 is 5.97 Å². The highest BCUT2D eigenvalue weighted by atomic mass is 16.6. The average molecular weight is 286 g/mol. The molecule has 0 saturated heterocycles. The molecule has 4 unspecified atom stereocenters. The zero-order valence-electron chi connectivity index (χ0n) is 12.8. The van der Waals surface area contributed by atoms with Crippen LogP contribution in [0.4, 0.5) is 0 Å². The lowest BCUT2D eigenvalue weighted by atomic mass is 9.78. The predicted octanol–water partition coefficient (Wildman–Crippen LogP) is 4.41. The fourth-order valence-electron chi connectivity index (χ4n) is 5.10. The summed E-state index contributed by atoms with van der Waals surface area (Å²) in [6, 6.07) is 0. The summed E-state index contributed by atoms with van der Waals surface area (Å²) in [7, 11) is 0. The van der Waals surface area contributed by atoms with Crippen LogP contribution in [0, 0.1) is 23.7 Å². The molecule has 4 aliphatic rings. The highest BCUT2D eigenvalue weighted by Crippen LogP contribution is 2.47. The topological polar surface area (TPSA) is 26.3 Å². The Morgan fingerprint density at radius 3 is 2.57 bits per heavy atom. The number of fused-ring (bicyclic) bond motifs is 2. The molecule has 114 valence electrons. The van der Waals surface area contributed by atoms with Crippen molar-refractivity contribution in [1.82, 2.24) is 0 Å². The minimum Gasteiger partial charge on any atom is -0.454 e. The fourth-order valence-corrected chi connectivity index (χ4v) is 5.10. The lowest BCUT2D eigenvalue weighted by molar-refractivity contribution is -0.167. The van der Waals surface area contributed by atoms with Crippen molar-refractivity contribution in [1.29, 1.82) is 0 Å². The summed E-state index contributed by atoms with van der Waals surface area (Å²) < 4.78 is 6.24. The number of hydrogen-bond acceptors (Lipinski definition) is 2. The Hall–Kier alpha value is -1.05. The van der Waals surface area contributed by atoms with Gasteiger partial charge in [0.05, 0.1) is 5.92 Å². The first kappa shape index (κ1) is 13.6. The predicted molar refractivity (Wildman–Crippen MR) is 82.6 cm³/mol. The summed E-state index contributed by atoms with van der Waals surface area (Å²) in [6.07, 6.45) is 19.6. The molecule has 0 N–H and O–H groups in total. The summed E-state index contributed by atoms with van der Waals surface area (Å²) in [5.74, 6) is 1.87. The van der Waals surface area contributed by atoms with E-state index in [4.69, 9.17) is 4.74 Å². The molecule has 4 aliphatic carbocycles. The maximum atomic E-state index is 12.8.